The summed E-state index contributed by atoms with van der Waals surface area (Å²) in [6.07, 6.45) is 1.66. The van der Waals surface area contributed by atoms with Crippen LogP contribution in [0, 0.1) is 0 Å². The van der Waals surface area contributed by atoms with E-state index in [0.29, 0.717) is 23.8 Å². The van der Waals surface area contributed by atoms with Gasteiger partial charge in [0, 0.05) is 12.3 Å². The second kappa shape index (κ2) is 5.82. The van der Waals surface area contributed by atoms with Gasteiger partial charge in [-0.25, -0.2) is 9.78 Å². The minimum atomic E-state index is -0.332. The number of benzene rings is 1. The average molecular weight is 243 g/mol. The standard InChI is InChI=1S/C14H13NO3/c1-2-17-14(16)11-6-8-12(9-7-11)18-13-5-3-4-10-15-13/h3-10H,2H2,1H3. The normalized spacial score (nSPS) is 9.83. The Hall–Kier alpha value is -2.36. The van der Waals surface area contributed by atoms with Crippen molar-refractivity contribution in [3.05, 3.63) is 54.2 Å². The van der Waals surface area contributed by atoms with E-state index in [2.05, 4.69) is 4.98 Å². The van der Waals surface area contributed by atoms with Gasteiger partial charge >= 0.3 is 5.97 Å². The highest BCUT2D eigenvalue weighted by molar-refractivity contribution is 5.89. The van der Waals surface area contributed by atoms with Gasteiger partial charge < -0.3 is 9.47 Å². The van der Waals surface area contributed by atoms with Crippen LogP contribution >= 0.6 is 0 Å². The molecule has 0 N–H and O–H groups in total. The van der Waals surface area contributed by atoms with Crippen molar-refractivity contribution in [1.29, 1.82) is 0 Å². The summed E-state index contributed by atoms with van der Waals surface area (Å²) >= 11 is 0. The maximum Gasteiger partial charge on any atom is 0.338 e. The van der Waals surface area contributed by atoms with Crippen LogP contribution < -0.4 is 4.74 Å². The summed E-state index contributed by atoms with van der Waals surface area (Å²) in [4.78, 5) is 15.5. The number of nitrogens with zero attached hydrogens (tertiary/aromatic N) is 1. The topological polar surface area (TPSA) is 48.4 Å². The van der Waals surface area contributed by atoms with E-state index < -0.39 is 0 Å². The highest BCUT2D eigenvalue weighted by Gasteiger charge is 2.06. The van der Waals surface area contributed by atoms with Gasteiger partial charge in [-0.3, -0.25) is 0 Å². The third-order valence-corrected chi connectivity index (χ3v) is 2.23. The van der Waals surface area contributed by atoms with Crippen LogP contribution in [0.15, 0.2) is 48.7 Å². The number of carbonyl (C=O) groups excluding carboxylic acids is 1. The predicted molar refractivity (Wildman–Crippen MR) is 66.7 cm³/mol. The number of aromatic nitrogens is 1. The summed E-state index contributed by atoms with van der Waals surface area (Å²) in [6, 6.07) is 12.2. The van der Waals surface area contributed by atoms with Crippen LogP contribution in [0.3, 0.4) is 0 Å². The number of esters is 1. The van der Waals surface area contributed by atoms with E-state index in [1.165, 1.54) is 0 Å². The molecular formula is C14H13NO3. The molecule has 0 unspecified atom stereocenters. The quantitative estimate of drug-likeness (QED) is 0.774. The molecule has 0 amide bonds. The smallest absolute Gasteiger partial charge is 0.338 e. The maximum atomic E-state index is 11.4. The highest BCUT2D eigenvalue weighted by atomic mass is 16.5. The molecule has 0 saturated carbocycles. The highest BCUT2D eigenvalue weighted by Crippen LogP contribution is 2.19. The number of hydrogen-bond acceptors (Lipinski definition) is 4. The third-order valence-electron chi connectivity index (χ3n) is 2.23. The predicted octanol–water partition coefficient (Wildman–Crippen LogP) is 3.05. The molecule has 0 bridgehead atoms. The molecule has 0 aliphatic carbocycles. The van der Waals surface area contributed by atoms with Gasteiger partial charge in [-0.1, -0.05) is 6.07 Å². The Kier molecular flexibility index (Phi) is 3.91. The van der Waals surface area contributed by atoms with Crippen LogP contribution in [0.5, 0.6) is 11.6 Å². The molecule has 0 saturated heterocycles. The van der Waals surface area contributed by atoms with Crippen LogP contribution in [0.4, 0.5) is 0 Å². The van der Waals surface area contributed by atoms with Gasteiger partial charge in [0.1, 0.15) is 5.75 Å². The van der Waals surface area contributed by atoms with Gasteiger partial charge in [-0.15, -0.1) is 0 Å². The first kappa shape index (κ1) is 12.1. The minimum Gasteiger partial charge on any atom is -0.462 e. The lowest BCUT2D eigenvalue weighted by Gasteiger charge is -2.05. The van der Waals surface area contributed by atoms with Gasteiger partial charge in [0.25, 0.3) is 0 Å². The second-order valence-corrected chi connectivity index (χ2v) is 3.51. The van der Waals surface area contributed by atoms with Crippen LogP contribution in [-0.4, -0.2) is 17.6 Å². The van der Waals surface area contributed by atoms with Crippen molar-refractivity contribution < 1.29 is 14.3 Å². The zero-order valence-electron chi connectivity index (χ0n) is 10.00. The molecule has 2 rings (SSSR count). The molecule has 0 aliphatic rings. The fourth-order valence-corrected chi connectivity index (χ4v) is 1.40. The van der Waals surface area contributed by atoms with Gasteiger partial charge in [0.05, 0.1) is 12.2 Å². The Morgan fingerprint density at radius 3 is 2.56 bits per heavy atom. The first-order valence-electron chi connectivity index (χ1n) is 5.65. The Bertz CT molecular complexity index is 508. The van der Waals surface area contributed by atoms with E-state index in [9.17, 15) is 4.79 Å². The van der Waals surface area contributed by atoms with Gasteiger partial charge in [-0.2, -0.15) is 0 Å². The molecule has 1 heterocycles. The van der Waals surface area contributed by atoms with Crippen molar-refractivity contribution in [3.63, 3.8) is 0 Å². The van der Waals surface area contributed by atoms with Crippen molar-refractivity contribution in [1.82, 2.24) is 4.98 Å². The van der Waals surface area contributed by atoms with E-state index in [0.717, 1.165) is 0 Å². The lowest BCUT2D eigenvalue weighted by atomic mass is 10.2. The van der Waals surface area contributed by atoms with Gasteiger partial charge in [0.2, 0.25) is 5.88 Å². The monoisotopic (exact) mass is 243 g/mol. The van der Waals surface area contributed by atoms with Crippen molar-refractivity contribution >= 4 is 5.97 Å². The molecule has 92 valence electrons. The average Bonchev–Trinajstić information content (AvgIpc) is 2.41. The molecule has 18 heavy (non-hydrogen) atoms. The number of pyridine rings is 1. The minimum absolute atomic E-state index is 0.332. The number of ether oxygens (including phenoxy) is 2. The summed E-state index contributed by atoms with van der Waals surface area (Å²) in [5.41, 5.74) is 0.505. The van der Waals surface area contributed by atoms with Crippen LogP contribution in [0.1, 0.15) is 17.3 Å². The largest absolute Gasteiger partial charge is 0.462 e. The molecule has 0 fully saturated rings. The fourth-order valence-electron chi connectivity index (χ4n) is 1.40. The zero-order valence-corrected chi connectivity index (χ0v) is 10.00. The third kappa shape index (κ3) is 3.07. The van der Waals surface area contributed by atoms with E-state index >= 15 is 0 Å². The lowest BCUT2D eigenvalue weighted by Crippen LogP contribution is -2.04. The molecule has 0 spiro atoms. The molecule has 4 heteroatoms. The fraction of sp³-hybridized carbons (Fsp3) is 0.143. The Balaban J connectivity index is 2.06. The van der Waals surface area contributed by atoms with Crippen LogP contribution in [0.25, 0.3) is 0 Å². The van der Waals surface area contributed by atoms with Crippen molar-refractivity contribution in [2.24, 2.45) is 0 Å². The molecular weight excluding hydrogens is 230 g/mol. The number of carbonyl (C=O) groups is 1. The number of hydrogen-bond donors (Lipinski definition) is 0. The molecule has 1 aromatic carbocycles. The molecule has 0 atom stereocenters. The first-order valence-corrected chi connectivity index (χ1v) is 5.65. The molecule has 0 aliphatic heterocycles. The summed E-state index contributed by atoms with van der Waals surface area (Å²) in [5, 5.41) is 0. The van der Waals surface area contributed by atoms with E-state index in [1.807, 2.05) is 12.1 Å². The van der Waals surface area contributed by atoms with Crippen LogP contribution in [0.2, 0.25) is 0 Å². The van der Waals surface area contributed by atoms with E-state index in [1.54, 1.807) is 43.5 Å². The SMILES string of the molecule is CCOC(=O)c1ccc(Oc2ccccn2)cc1. The maximum absolute atomic E-state index is 11.4. The van der Waals surface area contributed by atoms with E-state index in [4.69, 9.17) is 9.47 Å². The first-order chi connectivity index (χ1) is 8.79. The molecule has 0 radical (unpaired) electrons. The van der Waals surface area contributed by atoms with Crippen molar-refractivity contribution in [3.8, 4) is 11.6 Å². The molecule has 1 aromatic heterocycles. The summed E-state index contributed by atoms with van der Waals surface area (Å²) in [5.74, 6) is 0.810. The summed E-state index contributed by atoms with van der Waals surface area (Å²) in [7, 11) is 0. The Morgan fingerprint density at radius 2 is 1.94 bits per heavy atom. The van der Waals surface area contributed by atoms with Crippen LogP contribution in [-0.2, 0) is 4.74 Å². The second-order valence-electron chi connectivity index (χ2n) is 3.51. The number of rotatable bonds is 4. The van der Waals surface area contributed by atoms with Crippen molar-refractivity contribution in [2.45, 2.75) is 6.92 Å². The molecule has 2 aromatic rings. The van der Waals surface area contributed by atoms with Gasteiger partial charge in [0.15, 0.2) is 0 Å². The Labute approximate surface area is 105 Å². The molecule has 4 nitrogen and oxygen atoms in total. The summed E-state index contributed by atoms with van der Waals surface area (Å²) in [6.45, 7) is 2.14. The van der Waals surface area contributed by atoms with Crippen molar-refractivity contribution in [2.75, 3.05) is 6.61 Å². The Morgan fingerprint density at radius 1 is 1.17 bits per heavy atom. The van der Waals surface area contributed by atoms with Gasteiger partial charge in [-0.05, 0) is 37.3 Å². The summed E-state index contributed by atoms with van der Waals surface area (Å²) < 4.78 is 10.4. The zero-order chi connectivity index (χ0) is 12.8. The lowest BCUT2D eigenvalue weighted by molar-refractivity contribution is 0.0526. The van der Waals surface area contributed by atoms with E-state index in [-0.39, 0.29) is 5.97 Å².